The molecule has 1 aliphatic carbocycles. The van der Waals surface area contributed by atoms with Crippen LogP contribution in [0, 0.1) is 10.1 Å². The number of rotatable bonds is 9. The Kier molecular flexibility index (Phi) is 7.81. The monoisotopic (exact) mass is 494 g/mol. The second kappa shape index (κ2) is 11.2. The van der Waals surface area contributed by atoms with E-state index in [-0.39, 0.29) is 28.7 Å². The number of non-ortho nitro benzene ring substituents is 1. The number of hydrogen-bond acceptors (Lipinski definition) is 7. The number of methoxy groups -OCH3 is 1. The van der Waals surface area contributed by atoms with E-state index in [9.17, 15) is 19.7 Å². The number of nitro groups is 1. The molecule has 1 aromatic heterocycles. The van der Waals surface area contributed by atoms with Crippen LogP contribution in [0.25, 0.3) is 10.9 Å². The largest absolute Gasteiger partial charge is 0.494 e. The van der Waals surface area contributed by atoms with Gasteiger partial charge in [-0.25, -0.2) is 4.98 Å². The number of fused-ring (bicyclic) bond motifs is 1. The lowest BCUT2D eigenvalue weighted by molar-refractivity contribution is -0.384. The third kappa shape index (κ3) is 5.89. The van der Waals surface area contributed by atoms with E-state index in [1.165, 1.54) is 55.5 Å². The maximum Gasteiger partial charge on any atom is 0.273 e. The lowest BCUT2D eigenvalue weighted by Crippen LogP contribution is -2.24. The predicted octanol–water partition coefficient (Wildman–Crippen LogP) is 4.93. The Labute approximate surface area is 206 Å². The van der Waals surface area contributed by atoms with Gasteiger partial charge in [0.05, 0.1) is 40.4 Å². The Morgan fingerprint density at radius 1 is 1.26 bits per heavy atom. The third-order valence-electron chi connectivity index (χ3n) is 5.87. The number of para-hydroxylation sites is 1. The Morgan fingerprint density at radius 2 is 2.09 bits per heavy atom. The van der Waals surface area contributed by atoms with Crippen molar-refractivity contribution in [1.82, 2.24) is 9.55 Å². The molecule has 0 unspecified atom stereocenters. The Balaban J connectivity index is 1.53. The maximum absolute atomic E-state index is 13.2. The number of benzene rings is 2. The van der Waals surface area contributed by atoms with Gasteiger partial charge in [-0.3, -0.25) is 24.3 Å². The van der Waals surface area contributed by atoms with Crippen molar-refractivity contribution in [3.05, 3.63) is 74.6 Å². The molecular formula is C25H26N4O5S. The second-order valence-electron chi connectivity index (χ2n) is 8.21. The molecule has 35 heavy (non-hydrogen) atoms. The molecular weight excluding hydrogens is 468 g/mol. The molecule has 1 N–H and O–H groups in total. The van der Waals surface area contributed by atoms with Gasteiger partial charge >= 0.3 is 0 Å². The van der Waals surface area contributed by atoms with E-state index in [2.05, 4.69) is 16.4 Å². The normalized spacial score (nSPS) is 13.3. The van der Waals surface area contributed by atoms with Crippen LogP contribution in [-0.4, -0.2) is 33.2 Å². The number of nitro benzene ring substituents is 1. The first-order chi connectivity index (χ1) is 17.0. The zero-order chi connectivity index (χ0) is 24.8. The summed E-state index contributed by atoms with van der Waals surface area (Å²) in [5, 5.41) is 14.7. The highest BCUT2D eigenvalue weighted by Gasteiger charge is 2.17. The van der Waals surface area contributed by atoms with E-state index in [1.54, 1.807) is 16.7 Å². The van der Waals surface area contributed by atoms with Crippen molar-refractivity contribution < 1.29 is 14.5 Å². The zero-order valence-corrected chi connectivity index (χ0v) is 20.2. The number of carbonyl (C=O) groups excluding carboxylic acids is 1. The molecule has 0 bridgehead atoms. The fourth-order valence-electron chi connectivity index (χ4n) is 4.06. The Hall–Kier alpha value is -3.66. The van der Waals surface area contributed by atoms with Gasteiger partial charge in [-0.1, -0.05) is 35.5 Å². The Morgan fingerprint density at radius 3 is 2.83 bits per heavy atom. The first-order valence-electron chi connectivity index (χ1n) is 11.4. The van der Waals surface area contributed by atoms with Crippen molar-refractivity contribution in [2.75, 3.05) is 18.2 Å². The number of aromatic nitrogens is 2. The van der Waals surface area contributed by atoms with Gasteiger partial charge in [0.15, 0.2) is 5.16 Å². The minimum atomic E-state index is -0.530. The number of amides is 1. The van der Waals surface area contributed by atoms with E-state index < -0.39 is 4.92 Å². The predicted molar refractivity (Wildman–Crippen MR) is 136 cm³/mol. The van der Waals surface area contributed by atoms with Crippen molar-refractivity contribution in [2.45, 2.75) is 43.8 Å². The fourth-order valence-corrected chi connectivity index (χ4v) is 4.88. The van der Waals surface area contributed by atoms with E-state index in [4.69, 9.17) is 4.74 Å². The van der Waals surface area contributed by atoms with Gasteiger partial charge in [0, 0.05) is 12.6 Å². The zero-order valence-electron chi connectivity index (χ0n) is 19.4. The molecule has 10 heteroatoms. The van der Waals surface area contributed by atoms with Crippen LogP contribution < -0.4 is 15.6 Å². The van der Waals surface area contributed by atoms with Crippen molar-refractivity contribution in [1.29, 1.82) is 0 Å². The lowest BCUT2D eigenvalue weighted by atomic mass is 9.97. The van der Waals surface area contributed by atoms with Gasteiger partial charge in [-0.05, 0) is 50.3 Å². The summed E-state index contributed by atoms with van der Waals surface area (Å²) in [6.07, 6.45) is 7.55. The number of hydrogen-bond donors (Lipinski definition) is 1. The number of nitrogens with zero attached hydrogens (tertiary/aromatic N) is 3. The van der Waals surface area contributed by atoms with Crippen LogP contribution in [0.4, 0.5) is 11.4 Å². The highest BCUT2D eigenvalue weighted by molar-refractivity contribution is 7.99. The summed E-state index contributed by atoms with van der Waals surface area (Å²) in [6.45, 7) is 0.503. The molecule has 0 atom stereocenters. The SMILES string of the molecule is COc1cc([N+](=O)[O-])ccc1NC(=O)CSc1nc2ccccc2c(=O)n1CCC1=CCCCC1. The van der Waals surface area contributed by atoms with Crippen LogP contribution in [0.3, 0.4) is 0 Å². The van der Waals surface area contributed by atoms with Gasteiger partial charge < -0.3 is 10.1 Å². The molecule has 1 amide bonds. The second-order valence-corrected chi connectivity index (χ2v) is 9.15. The van der Waals surface area contributed by atoms with Crippen molar-refractivity contribution in [2.24, 2.45) is 0 Å². The molecule has 9 nitrogen and oxygen atoms in total. The van der Waals surface area contributed by atoms with E-state index in [0.717, 1.165) is 19.3 Å². The molecule has 0 aliphatic heterocycles. The van der Waals surface area contributed by atoms with E-state index in [0.29, 0.717) is 28.3 Å². The average molecular weight is 495 g/mol. The minimum Gasteiger partial charge on any atom is -0.494 e. The molecule has 1 aliphatic rings. The Bertz CT molecular complexity index is 1350. The summed E-state index contributed by atoms with van der Waals surface area (Å²) < 4.78 is 6.84. The summed E-state index contributed by atoms with van der Waals surface area (Å²) in [5.41, 5.74) is 2.02. The number of ether oxygens (including phenoxy) is 1. The molecule has 2 aromatic carbocycles. The topological polar surface area (TPSA) is 116 Å². The minimum absolute atomic E-state index is 0.00756. The molecule has 182 valence electrons. The lowest BCUT2D eigenvalue weighted by Gasteiger charge is -2.16. The van der Waals surface area contributed by atoms with Crippen LogP contribution in [0.1, 0.15) is 32.1 Å². The highest BCUT2D eigenvalue weighted by Crippen LogP contribution is 2.29. The molecule has 4 rings (SSSR count). The quantitative estimate of drug-likeness (QED) is 0.147. The number of nitrogens with one attached hydrogen (secondary N) is 1. The molecule has 3 aromatic rings. The third-order valence-corrected chi connectivity index (χ3v) is 6.85. The van der Waals surface area contributed by atoms with Gasteiger partial charge in [-0.15, -0.1) is 0 Å². The van der Waals surface area contributed by atoms with E-state index in [1.807, 2.05) is 12.1 Å². The van der Waals surface area contributed by atoms with Gasteiger partial charge in [0.25, 0.3) is 11.2 Å². The first kappa shape index (κ1) is 24.5. The molecule has 0 radical (unpaired) electrons. The summed E-state index contributed by atoms with van der Waals surface area (Å²) >= 11 is 1.18. The van der Waals surface area contributed by atoms with Crippen LogP contribution in [-0.2, 0) is 11.3 Å². The van der Waals surface area contributed by atoms with Gasteiger partial charge in [0.1, 0.15) is 5.75 Å². The molecule has 0 spiro atoms. The van der Waals surface area contributed by atoms with Crippen molar-refractivity contribution in [3.63, 3.8) is 0 Å². The maximum atomic E-state index is 13.2. The standard InChI is InChI=1S/C25H26N4O5S/c1-34-22-15-18(29(32)33)11-12-21(22)26-23(30)16-35-25-27-20-10-6-5-9-19(20)24(31)28(25)14-13-17-7-3-2-4-8-17/h5-7,9-12,15H,2-4,8,13-14,16H2,1H3,(H,26,30). The van der Waals surface area contributed by atoms with Crippen molar-refractivity contribution >= 4 is 39.9 Å². The number of thioether (sulfide) groups is 1. The fraction of sp³-hybridized carbons (Fsp3) is 0.320. The number of allylic oxidation sites excluding steroid dienone is 2. The summed E-state index contributed by atoms with van der Waals surface area (Å²) in [7, 11) is 1.38. The highest BCUT2D eigenvalue weighted by atomic mass is 32.2. The molecule has 0 saturated carbocycles. The number of anilines is 1. The van der Waals surface area contributed by atoms with E-state index >= 15 is 0 Å². The first-order valence-corrected chi connectivity index (χ1v) is 12.4. The van der Waals surface area contributed by atoms with Gasteiger partial charge in [0.2, 0.25) is 5.91 Å². The van der Waals surface area contributed by atoms with Crippen LogP contribution in [0.2, 0.25) is 0 Å². The average Bonchev–Trinajstić information content (AvgIpc) is 2.87. The van der Waals surface area contributed by atoms with Crippen LogP contribution >= 0.6 is 11.8 Å². The summed E-state index contributed by atoms with van der Waals surface area (Å²) in [6, 6.07) is 11.2. The van der Waals surface area contributed by atoms with Gasteiger partial charge in [-0.2, -0.15) is 0 Å². The molecule has 1 heterocycles. The number of carbonyl (C=O) groups is 1. The van der Waals surface area contributed by atoms with Crippen molar-refractivity contribution in [3.8, 4) is 5.75 Å². The summed E-state index contributed by atoms with van der Waals surface area (Å²) in [4.78, 5) is 41.1. The molecule has 0 fully saturated rings. The van der Waals surface area contributed by atoms with Crippen LogP contribution in [0.5, 0.6) is 5.75 Å². The summed E-state index contributed by atoms with van der Waals surface area (Å²) in [5.74, 6) is -0.140. The molecule has 0 saturated heterocycles. The smallest absolute Gasteiger partial charge is 0.273 e. The van der Waals surface area contributed by atoms with Crippen LogP contribution in [0.15, 0.2) is 64.1 Å².